The predicted octanol–water partition coefficient (Wildman–Crippen LogP) is 6.41. The summed E-state index contributed by atoms with van der Waals surface area (Å²) in [5.74, 6) is 1.80. The molecule has 1 aliphatic carbocycles. The van der Waals surface area contributed by atoms with Gasteiger partial charge in [0.05, 0.1) is 22.8 Å². The van der Waals surface area contributed by atoms with Crippen LogP contribution in [0.1, 0.15) is 37.4 Å². The van der Waals surface area contributed by atoms with Gasteiger partial charge in [0, 0.05) is 17.3 Å². The number of anilines is 2. The van der Waals surface area contributed by atoms with Gasteiger partial charge in [-0.25, -0.2) is 9.97 Å². The summed E-state index contributed by atoms with van der Waals surface area (Å²) in [6.45, 7) is 4.48. The van der Waals surface area contributed by atoms with Gasteiger partial charge in [0.2, 0.25) is 0 Å². The SMILES string of the molecule is Cc1nc2n(c1-c1ccc(C3(C)CCC3)cc1)-c1cccnc1Nc1ccccc1-2. The number of hydrogen-bond donors (Lipinski definition) is 1. The zero-order valence-corrected chi connectivity index (χ0v) is 17.3. The standard InChI is InChI=1S/C26H24N4/c1-17-23(18-10-12-19(13-11-18)26(2)14-6-15-26)30-22-9-5-16-27-24(22)29-21-8-4-3-7-20(21)25(30)28-17/h3-5,7-13,16H,6,14-15H2,1-2H3,(H,27,29). The lowest BCUT2D eigenvalue weighted by molar-refractivity contribution is 0.272. The fourth-order valence-electron chi connectivity index (χ4n) is 4.90. The van der Waals surface area contributed by atoms with E-state index in [9.17, 15) is 0 Å². The summed E-state index contributed by atoms with van der Waals surface area (Å²) < 4.78 is 2.26. The molecule has 148 valence electrons. The van der Waals surface area contributed by atoms with E-state index in [0.717, 1.165) is 40.0 Å². The molecular formula is C26H24N4. The van der Waals surface area contributed by atoms with Crippen molar-refractivity contribution in [1.29, 1.82) is 0 Å². The highest BCUT2D eigenvalue weighted by Crippen LogP contribution is 2.45. The molecule has 0 unspecified atom stereocenters. The van der Waals surface area contributed by atoms with E-state index in [-0.39, 0.29) is 0 Å². The van der Waals surface area contributed by atoms with Crippen LogP contribution < -0.4 is 5.32 Å². The molecule has 4 heteroatoms. The first-order valence-corrected chi connectivity index (χ1v) is 10.7. The van der Waals surface area contributed by atoms with Gasteiger partial charge in [-0.2, -0.15) is 0 Å². The maximum Gasteiger partial charge on any atom is 0.154 e. The number of fused-ring (bicyclic) bond motifs is 5. The van der Waals surface area contributed by atoms with Crippen LogP contribution in [0.15, 0.2) is 66.9 Å². The Morgan fingerprint density at radius 2 is 1.77 bits per heavy atom. The van der Waals surface area contributed by atoms with E-state index in [2.05, 4.69) is 77.2 Å². The molecule has 2 aromatic heterocycles. The molecule has 6 rings (SSSR count). The summed E-state index contributed by atoms with van der Waals surface area (Å²) in [6, 6.07) is 21.5. The normalized spacial score (nSPS) is 15.8. The lowest BCUT2D eigenvalue weighted by Gasteiger charge is -2.39. The van der Waals surface area contributed by atoms with Crippen LogP contribution in [0.5, 0.6) is 0 Å². The van der Waals surface area contributed by atoms with Gasteiger partial charge in [-0.15, -0.1) is 0 Å². The summed E-state index contributed by atoms with van der Waals surface area (Å²) in [4.78, 5) is 9.65. The quantitative estimate of drug-likeness (QED) is 0.377. The van der Waals surface area contributed by atoms with Crippen molar-refractivity contribution in [1.82, 2.24) is 14.5 Å². The highest BCUT2D eigenvalue weighted by Gasteiger charge is 2.33. The molecular weight excluding hydrogens is 368 g/mol. The molecule has 1 aliphatic heterocycles. The molecule has 2 aliphatic rings. The average Bonchev–Trinajstić information content (AvgIpc) is 3.03. The summed E-state index contributed by atoms with van der Waals surface area (Å²) in [5.41, 5.74) is 8.27. The molecule has 0 saturated heterocycles. The average molecular weight is 393 g/mol. The first-order chi connectivity index (χ1) is 14.6. The second kappa shape index (κ2) is 6.30. The third kappa shape index (κ3) is 2.46. The minimum absolute atomic E-state index is 0.348. The number of para-hydroxylation sites is 1. The number of nitrogens with zero attached hydrogens (tertiary/aromatic N) is 3. The molecule has 0 radical (unpaired) electrons. The summed E-state index contributed by atoms with van der Waals surface area (Å²) in [6.07, 6.45) is 5.74. The third-order valence-corrected chi connectivity index (χ3v) is 6.81. The highest BCUT2D eigenvalue weighted by molar-refractivity contribution is 5.86. The highest BCUT2D eigenvalue weighted by atomic mass is 15.2. The fourth-order valence-corrected chi connectivity index (χ4v) is 4.90. The van der Waals surface area contributed by atoms with E-state index in [0.29, 0.717) is 5.41 Å². The van der Waals surface area contributed by atoms with Crippen molar-refractivity contribution in [3.63, 3.8) is 0 Å². The second-order valence-electron chi connectivity index (χ2n) is 8.74. The van der Waals surface area contributed by atoms with Crippen LogP contribution in [0.4, 0.5) is 11.5 Å². The zero-order chi connectivity index (χ0) is 20.3. The van der Waals surface area contributed by atoms with Crippen molar-refractivity contribution >= 4 is 11.5 Å². The van der Waals surface area contributed by atoms with Crippen LogP contribution in [0.3, 0.4) is 0 Å². The molecule has 2 aromatic carbocycles. The molecule has 0 bridgehead atoms. The summed E-state index contributed by atoms with van der Waals surface area (Å²) >= 11 is 0. The van der Waals surface area contributed by atoms with Crippen molar-refractivity contribution < 1.29 is 0 Å². The molecule has 0 amide bonds. The number of hydrogen-bond acceptors (Lipinski definition) is 3. The Balaban J connectivity index is 1.58. The van der Waals surface area contributed by atoms with Crippen molar-refractivity contribution in [2.75, 3.05) is 5.32 Å². The molecule has 4 aromatic rings. The number of rotatable bonds is 2. The minimum Gasteiger partial charge on any atom is -0.338 e. The molecule has 1 fully saturated rings. The van der Waals surface area contributed by atoms with Gasteiger partial charge in [-0.05, 0) is 55.0 Å². The Morgan fingerprint density at radius 3 is 2.53 bits per heavy atom. The Labute approximate surface area is 176 Å². The van der Waals surface area contributed by atoms with Gasteiger partial charge in [0.25, 0.3) is 0 Å². The van der Waals surface area contributed by atoms with Gasteiger partial charge in [-0.1, -0.05) is 49.7 Å². The number of benzene rings is 2. The van der Waals surface area contributed by atoms with Crippen molar-refractivity contribution in [3.8, 4) is 28.3 Å². The Hall–Kier alpha value is -3.40. The van der Waals surface area contributed by atoms with Crippen LogP contribution in [0.2, 0.25) is 0 Å². The van der Waals surface area contributed by atoms with Crippen LogP contribution in [-0.4, -0.2) is 14.5 Å². The zero-order valence-electron chi connectivity index (χ0n) is 17.3. The van der Waals surface area contributed by atoms with Crippen LogP contribution in [0.25, 0.3) is 28.3 Å². The van der Waals surface area contributed by atoms with Gasteiger partial charge in [0.15, 0.2) is 5.82 Å². The fraction of sp³-hybridized carbons (Fsp3) is 0.231. The van der Waals surface area contributed by atoms with E-state index in [1.54, 1.807) is 0 Å². The topological polar surface area (TPSA) is 42.7 Å². The second-order valence-corrected chi connectivity index (χ2v) is 8.74. The summed E-state index contributed by atoms with van der Waals surface area (Å²) in [5, 5.41) is 3.51. The van der Waals surface area contributed by atoms with E-state index in [4.69, 9.17) is 4.98 Å². The summed E-state index contributed by atoms with van der Waals surface area (Å²) in [7, 11) is 0. The molecule has 1 saturated carbocycles. The first kappa shape index (κ1) is 17.5. The number of pyridine rings is 1. The van der Waals surface area contributed by atoms with E-state index < -0.39 is 0 Å². The lowest BCUT2D eigenvalue weighted by atomic mass is 9.66. The third-order valence-electron chi connectivity index (χ3n) is 6.81. The molecule has 3 heterocycles. The van der Waals surface area contributed by atoms with E-state index in [1.165, 1.54) is 30.4 Å². The van der Waals surface area contributed by atoms with Gasteiger partial charge >= 0.3 is 0 Å². The minimum atomic E-state index is 0.348. The number of imidazole rings is 1. The predicted molar refractivity (Wildman–Crippen MR) is 121 cm³/mol. The molecule has 30 heavy (non-hydrogen) atoms. The van der Waals surface area contributed by atoms with E-state index in [1.807, 2.05) is 18.3 Å². The molecule has 4 nitrogen and oxygen atoms in total. The molecule has 0 atom stereocenters. The van der Waals surface area contributed by atoms with Crippen LogP contribution in [-0.2, 0) is 5.41 Å². The van der Waals surface area contributed by atoms with Gasteiger partial charge < -0.3 is 5.32 Å². The van der Waals surface area contributed by atoms with Crippen molar-refractivity contribution in [2.24, 2.45) is 0 Å². The monoisotopic (exact) mass is 392 g/mol. The molecule has 0 spiro atoms. The van der Waals surface area contributed by atoms with Gasteiger partial charge in [-0.3, -0.25) is 4.57 Å². The molecule has 1 N–H and O–H groups in total. The van der Waals surface area contributed by atoms with Crippen molar-refractivity contribution in [3.05, 3.63) is 78.1 Å². The number of nitrogens with one attached hydrogen (secondary N) is 1. The largest absolute Gasteiger partial charge is 0.338 e. The van der Waals surface area contributed by atoms with E-state index >= 15 is 0 Å². The Kier molecular flexibility index (Phi) is 3.66. The number of aryl methyl sites for hydroxylation is 1. The first-order valence-electron chi connectivity index (χ1n) is 10.7. The smallest absolute Gasteiger partial charge is 0.154 e. The maximum atomic E-state index is 5.02. The van der Waals surface area contributed by atoms with Gasteiger partial charge in [0.1, 0.15) is 5.82 Å². The Morgan fingerprint density at radius 1 is 0.967 bits per heavy atom. The maximum absolute atomic E-state index is 5.02. The Bertz CT molecular complexity index is 1260. The van der Waals surface area contributed by atoms with Crippen LogP contribution >= 0.6 is 0 Å². The van der Waals surface area contributed by atoms with Crippen molar-refractivity contribution in [2.45, 2.75) is 38.5 Å². The van der Waals surface area contributed by atoms with Crippen LogP contribution in [0, 0.1) is 6.92 Å². The lowest BCUT2D eigenvalue weighted by Crippen LogP contribution is -2.30. The number of aromatic nitrogens is 3.